The van der Waals surface area contributed by atoms with Crippen molar-refractivity contribution in [3.8, 4) is 5.75 Å². The summed E-state index contributed by atoms with van der Waals surface area (Å²) in [6.45, 7) is 3.14. The van der Waals surface area contributed by atoms with E-state index in [-0.39, 0.29) is 10.5 Å². The summed E-state index contributed by atoms with van der Waals surface area (Å²) in [5.41, 5.74) is 2.01. The first kappa shape index (κ1) is 23.6. The maximum atomic E-state index is 13.2. The number of nitrogens with zero attached hydrogens (tertiary/aromatic N) is 2. The number of ether oxygens (including phenoxy) is 1. The summed E-state index contributed by atoms with van der Waals surface area (Å²) in [4.78, 5) is 15.6. The molecule has 0 unspecified atom stereocenters. The molecule has 0 bridgehead atoms. The van der Waals surface area contributed by atoms with Crippen LogP contribution in [0.2, 0.25) is 0 Å². The van der Waals surface area contributed by atoms with Crippen LogP contribution in [0.15, 0.2) is 47.4 Å². The second-order valence-electron chi connectivity index (χ2n) is 8.73. The zero-order valence-electron chi connectivity index (χ0n) is 19.3. The van der Waals surface area contributed by atoms with Crippen molar-refractivity contribution < 1.29 is 17.9 Å². The number of amides is 1. The minimum absolute atomic E-state index is 0.121. The number of hydrogen-bond donors (Lipinski definition) is 1. The van der Waals surface area contributed by atoms with E-state index in [4.69, 9.17) is 4.74 Å². The fourth-order valence-electron chi connectivity index (χ4n) is 4.56. The summed E-state index contributed by atoms with van der Waals surface area (Å²) in [6.07, 6.45) is 7.48. The third-order valence-corrected chi connectivity index (χ3v) is 8.36. The van der Waals surface area contributed by atoms with Crippen LogP contribution >= 0.6 is 0 Å². The van der Waals surface area contributed by atoms with Crippen LogP contribution in [0.4, 0.5) is 11.4 Å². The molecule has 2 aliphatic heterocycles. The van der Waals surface area contributed by atoms with Gasteiger partial charge in [0, 0.05) is 37.6 Å². The highest BCUT2D eigenvalue weighted by molar-refractivity contribution is 7.89. The number of rotatable bonds is 6. The van der Waals surface area contributed by atoms with E-state index in [1.807, 2.05) is 24.3 Å². The van der Waals surface area contributed by atoms with Crippen LogP contribution < -0.4 is 15.0 Å². The van der Waals surface area contributed by atoms with Gasteiger partial charge in [-0.1, -0.05) is 12.8 Å². The van der Waals surface area contributed by atoms with Gasteiger partial charge in [0.25, 0.3) is 5.91 Å². The maximum Gasteiger partial charge on any atom is 0.259 e. The molecule has 2 aromatic carbocycles. The second kappa shape index (κ2) is 10.6. The Morgan fingerprint density at radius 3 is 2.09 bits per heavy atom. The fraction of sp³-hybridized carbons (Fsp3) is 0.480. The maximum absolute atomic E-state index is 13.2. The molecule has 1 N–H and O–H groups in total. The molecule has 8 heteroatoms. The van der Waals surface area contributed by atoms with Gasteiger partial charge in [-0.2, -0.15) is 4.31 Å². The second-order valence-corrected chi connectivity index (χ2v) is 10.7. The Balaban J connectivity index is 1.53. The molecule has 7 nitrogen and oxygen atoms in total. The van der Waals surface area contributed by atoms with Crippen LogP contribution in [0.3, 0.4) is 0 Å². The van der Waals surface area contributed by atoms with Gasteiger partial charge in [-0.3, -0.25) is 4.79 Å². The van der Waals surface area contributed by atoms with Crippen molar-refractivity contribution in [1.29, 1.82) is 0 Å². The quantitative estimate of drug-likeness (QED) is 0.671. The van der Waals surface area contributed by atoms with Gasteiger partial charge >= 0.3 is 0 Å². The number of hydrogen-bond acceptors (Lipinski definition) is 5. The van der Waals surface area contributed by atoms with E-state index in [1.165, 1.54) is 42.8 Å². The normalized spacial score (nSPS) is 17.9. The first-order chi connectivity index (χ1) is 16.0. The third-order valence-electron chi connectivity index (χ3n) is 6.46. The van der Waals surface area contributed by atoms with Gasteiger partial charge in [-0.05, 0) is 74.6 Å². The zero-order valence-corrected chi connectivity index (χ0v) is 20.1. The van der Waals surface area contributed by atoms with Crippen molar-refractivity contribution in [3.63, 3.8) is 0 Å². The molecule has 178 valence electrons. The van der Waals surface area contributed by atoms with Crippen LogP contribution in [0.25, 0.3) is 0 Å². The minimum atomic E-state index is -3.67. The van der Waals surface area contributed by atoms with E-state index in [9.17, 15) is 13.2 Å². The highest BCUT2D eigenvalue weighted by Crippen LogP contribution is 2.28. The van der Waals surface area contributed by atoms with Gasteiger partial charge in [-0.25, -0.2) is 8.42 Å². The number of nitrogens with one attached hydrogen (secondary N) is 1. The topological polar surface area (TPSA) is 79.0 Å². The molecule has 2 heterocycles. The molecule has 1 amide bonds. The summed E-state index contributed by atoms with van der Waals surface area (Å²) in [6, 6.07) is 12.3. The molecular formula is C25H33N3O4S. The molecule has 2 aliphatic rings. The Hall–Kier alpha value is -2.58. The van der Waals surface area contributed by atoms with Gasteiger partial charge in [0.2, 0.25) is 10.0 Å². The molecule has 0 aliphatic carbocycles. The molecular weight excluding hydrogens is 438 g/mol. The highest BCUT2D eigenvalue weighted by atomic mass is 32.2. The average Bonchev–Trinajstić information content (AvgIpc) is 3.15. The molecule has 0 saturated carbocycles. The third kappa shape index (κ3) is 5.50. The number of anilines is 2. The number of methoxy groups -OCH3 is 1. The summed E-state index contributed by atoms with van der Waals surface area (Å²) in [5, 5.41) is 2.89. The van der Waals surface area contributed by atoms with Crippen LogP contribution in [-0.2, 0) is 10.0 Å². The molecule has 0 aromatic heterocycles. The van der Waals surface area contributed by atoms with Gasteiger partial charge in [0.15, 0.2) is 0 Å². The Kier molecular flexibility index (Phi) is 7.55. The predicted octanol–water partition coefficient (Wildman–Crippen LogP) is 4.50. The number of benzene rings is 2. The van der Waals surface area contributed by atoms with Crippen molar-refractivity contribution in [3.05, 3.63) is 48.0 Å². The Morgan fingerprint density at radius 1 is 0.848 bits per heavy atom. The lowest BCUT2D eigenvalue weighted by Gasteiger charge is -2.28. The van der Waals surface area contributed by atoms with E-state index in [0.717, 1.165) is 44.5 Å². The highest BCUT2D eigenvalue weighted by Gasteiger charge is 2.27. The van der Waals surface area contributed by atoms with E-state index >= 15 is 0 Å². The minimum Gasteiger partial charge on any atom is -0.496 e. The monoisotopic (exact) mass is 471 g/mol. The molecule has 0 spiro atoms. The summed E-state index contributed by atoms with van der Waals surface area (Å²) < 4.78 is 33.3. The SMILES string of the molecule is COc1ccc(S(=O)(=O)N2CCCCCC2)cc1C(=O)Nc1ccc(N2CCCCC2)cc1. The number of carbonyl (C=O) groups excluding carboxylic acids is 1. The predicted molar refractivity (Wildman–Crippen MR) is 131 cm³/mol. The van der Waals surface area contributed by atoms with Crippen LogP contribution in [0, 0.1) is 0 Å². The molecule has 33 heavy (non-hydrogen) atoms. The van der Waals surface area contributed by atoms with Crippen molar-refractivity contribution in [1.82, 2.24) is 4.31 Å². The number of sulfonamides is 1. The molecule has 2 aromatic rings. The van der Waals surface area contributed by atoms with Gasteiger partial charge in [0.1, 0.15) is 5.75 Å². The summed E-state index contributed by atoms with van der Waals surface area (Å²) >= 11 is 0. The molecule has 0 radical (unpaired) electrons. The Bertz CT molecular complexity index is 1060. The van der Waals surface area contributed by atoms with Crippen LogP contribution in [0.1, 0.15) is 55.3 Å². The van der Waals surface area contributed by atoms with Crippen LogP contribution in [0.5, 0.6) is 5.75 Å². The zero-order chi connectivity index (χ0) is 23.3. The molecule has 2 saturated heterocycles. The average molecular weight is 472 g/mol. The Morgan fingerprint density at radius 2 is 1.45 bits per heavy atom. The van der Waals surface area contributed by atoms with Gasteiger partial charge in [-0.15, -0.1) is 0 Å². The van der Waals surface area contributed by atoms with E-state index < -0.39 is 15.9 Å². The summed E-state index contributed by atoms with van der Waals surface area (Å²) in [7, 11) is -2.19. The smallest absolute Gasteiger partial charge is 0.259 e. The van der Waals surface area contributed by atoms with Crippen molar-refractivity contribution in [2.24, 2.45) is 0 Å². The standard InChI is InChI=1S/C25H33N3O4S/c1-32-24-14-13-22(33(30,31)28-17-7-2-3-8-18-28)19-23(24)25(29)26-20-9-11-21(12-10-20)27-15-5-4-6-16-27/h9-14,19H,2-8,15-18H2,1H3,(H,26,29). The lowest BCUT2D eigenvalue weighted by molar-refractivity contribution is 0.102. The molecule has 4 rings (SSSR count). The number of piperidine rings is 1. The molecule has 2 fully saturated rings. The van der Waals surface area contributed by atoms with E-state index in [1.54, 1.807) is 6.07 Å². The summed E-state index contributed by atoms with van der Waals surface area (Å²) in [5.74, 6) is -0.0576. The van der Waals surface area contributed by atoms with Gasteiger partial charge < -0.3 is 15.0 Å². The Labute approximate surface area is 196 Å². The lowest BCUT2D eigenvalue weighted by Crippen LogP contribution is -2.32. The van der Waals surface area contributed by atoms with Crippen molar-refractivity contribution in [2.45, 2.75) is 49.8 Å². The van der Waals surface area contributed by atoms with Crippen molar-refractivity contribution in [2.75, 3.05) is 43.5 Å². The first-order valence-electron chi connectivity index (χ1n) is 11.8. The van der Waals surface area contributed by atoms with Gasteiger partial charge in [0.05, 0.1) is 17.6 Å². The fourth-order valence-corrected chi connectivity index (χ4v) is 6.11. The van der Waals surface area contributed by atoms with E-state index in [2.05, 4.69) is 10.2 Å². The lowest BCUT2D eigenvalue weighted by atomic mass is 10.1. The van der Waals surface area contributed by atoms with E-state index in [0.29, 0.717) is 24.5 Å². The van der Waals surface area contributed by atoms with Crippen LogP contribution in [-0.4, -0.2) is 51.9 Å². The number of carbonyl (C=O) groups is 1. The first-order valence-corrected chi connectivity index (χ1v) is 13.3. The largest absolute Gasteiger partial charge is 0.496 e. The van der Waals surface area contributed by atoms with Crippen molar-refractivity contribution >= 4 is 27.3 Å². The molecule has 0 atom stereocenters.